The fourth-order valence-electron chi connectivity index (χ4n) is 1.83. The van der Waals surface area contributed by atoms with Crippen molar-refractivity contribution in [2.45, 2.75) is 11.8 Å². The predicted octanol–water partition coefficient (Wildman–Crippen LogP) is 4.58. The van der Waals surface area contributed by atoms with E-state index in [-0.39, 0.29) is 18.3 Å². The number of esters is 1. The Morgan fingerprint density at radius 2 is 1.96 bits per heavy atom. The number of anilines is 1. The van der Waals surface area contributed by atoms with Gasteiger partial charge in [0, 0.05) is 15.6 Å². The third kappa shape index (κ3) is 6.07. The Bertz CT molecular complexity index is 752. The summed E-state index contributed by atoms with van der Waals surface area (Å²) in [6.07, 6.45) is 0. The van der Waals surface area contributed by atoms with Crippen LogP contribution in [0.15, 0.2) is 47.4 Å². The van der Waals surface area contributed by atoms with Gasteiger partial charge in [-0.25, -0.2) is 0 Å². The zero-order chi connectivity index (χ0) is 17.5. The van der Waals surface area contributed by atoms with Crippen molar-refractivity contribution in [2.24, 2.45) is 0 Å². The number of carbonyl (C=O) groups is 2. The highest BCUT2D eigenvalue weighted by molar-refractivity contribution is 8.00. The van der Waals surface area contributed by atoms with Gasteiger partial charge in [-0.05, 0) is 42.8 Å². The van der Waals surface area contributed by atoms with E-state index in [1.807, 2.05) is 25.1 Å². The average Bonchev–Trinajstić information content (AvgIpc) is 2.54. The molecule has 7 heteroatoms. The van der Waals surface area contributed by atoms with Crippen LogP contribution in [0, 0.1) is 6.92 Å². The lowest BCUT2D eigenvalue weighted by molar-refractivity contribution is -0.144. The predicted molar refractivity (Wildman–Crippen MR) is 98.0 cm³/mol. The maximum absolute atomic E-state index is 11.8. The standard InChI is InChI=1S/C17H15Cl2NO3S/c1-11-3-2-4-13(7-11)20-16(21)9-23-17(22)10-24-15-8-12(18)5-6-14(15)19/h2-8H,9-10H2,1H3,(H,20,21). The Labute approximate surface area is 154 Å². The summed E-state index contributed by atoms with van der Waals surface area (Å²) in [7, 11) is 0. The van der Waals surface area contributed by atoms with Crippen LogP contribution < -0.4 is 5.32 Å². The number of hydrogen-bond acceptors (Lipinski definition) is 4. The summed E-state index contributed by atoms with van der Waals surface area (Å²) >= 11 is 13.1. The second-order valence-corrected chi connectivity index (χ2v) is 6.80. The third-order valence-electron chi connectivity index (χ3n) is 2.90. The molecule has 24 heavy (non-hydrogen) atoms. The van der Waals surface area contributed by atoms with Crippen LogP contribution in [-0.4, -0.2) is 24.2 Å². The maximum atomic E-state index is 11.8. The molecule has 126 valence electrons. The van der Waals surface area contributed by atoms with Crippen molar-refractivity contribution in [3.8, 4) is 0 Å². The topological polar surface area (TPSA) is 55.4 Å². The summed E-state index contributed by atoms with van der Waals surface area (Å²) in [5.74, 6) is -0.854. The smallest absolute Gasteiger partial charge is 0.316 e. The molecule has 0 bridgehead atoms. The number of halogens is 2. The van der Waals surface area contributed by atoms with E-state index in [1.54, 1.807) is 24.3 Å². The zero-order valence-electron chi connectivity index (χ0n) is 12.8. The summed E-state index contributed by atoms with van der Waals surface area (Å²) in [6.45, 7) is 1.59. The summed E-state index contributed by atoms with van der Waals surface area (Å²) in [5, 5.41) is 3.71. The highest BCUT2D eigenvalue weighted by Gasteiger charge is 2.10. The van der Waals surface area contributed by atoms with Gasteiger partial charge >= 0.3 is 5.97 Å². The second kappa shape index (κ2) is 8.97. The molecule has 2 rings (SSSR count). The van der Waals surface area contributed by atoms with E-state index in [1.165, 1.54) is 11.8 Å². The number of thioether (sulfide) groups is 1. The average molecular weight is 384 g/mol. The van der Waals surface area contributed by atoms with Crippen LogP contribution in [-0.2, 0) is 14.3 Å². The molecule has 0 atom stereocenters. The highest BCUT2D eigenvalue weighted by atomic mass is 35.5. The fraction of sp³-hybridized carbons (Fsp3) is 0.176. The van der Waals surface area contributed by atoms with Crippen molar-refractivity contribution in [3.05, 3.63) is 58.1 Å². The minimum atomic E-state index is -0.504. The number of rotatable bonds is 6. The van der Waals surface area contributed by atoms with Crippen LogP contribution in [0.2, 0.25) is 10.0 Å². The molecule has 4 nitrogen and oxygen atoms in total. The summed E-state index contributed by atoms with van der Waals surface area (Å²) in [5.41, 5.74) is 1.69. The molecule has 2 aromatic rings. The van der Waals surface area contributed by atoms with E-state index in [2.05, 4.69) is 5.32 Å². The summed E-state index contributed by atoms with van der Waals surface area (Å²) in [4.78, 5) is 24.2. The lowest BCUT2D eigenvalue weighted by atomic mass is 10.2. The van der Waals surface area contributed by atoms with Gasteiger partial charge in [0.2, 0.25) is 0 Å². The van der Waals surface area contributed by atoms with Crippen molar-refractivity contribution in [1.82, 2.24) is 0 Å². The van der Waals surface area contributed by atoms with E-state index in [0.29, 0.717) is 20.6 Å². The fourth-order valence-corrected chi connectivity index (χ4v) is 3.12. The van der Waals surface area contributed by atoms with Crippen LogP contribution >= 0.6 is 35.0 Å². The van der Waals surface area contributed by atoms with Gasteiger partial charge in [0.1, 0.15) is 0 Å². The lowest BCUT2D eigenvalue weighted by Crippen LogP contribution is -2.21. The highest BCUT2D eigenvalue weighted by Crippen LogP contribution is 2.29. The molecule has 0 aliphatic carbocycles. The number of hydrogen-bond donors (Lipinski definition) is 1. The minimum absolute atomic E-state index is 0.0395. The largest absolute Gasteiger partial charge is 0.455 e. The van der Waals surface area contributed by atoms with Crippen molar-refractivity contribution in [2.75, 3.05) is 17.7 Å². The van der Waals surface area contributed by atoms with Crippen LogP contribution in [0.5, 0.6) is 0 Å². The Balaban J connectivity index is 1.76. The molecule has 0 spiro atoms. The molecular formula is C17H15Cl2NO3S. The first-order chi connectivity index (χ1) is 11.4. The minimum Gasteiger partial charge on any atom is -0.455 e. The van der Waals surface area contributed by atoms with Gasteiger partial charge in [-0.2, -0.15) is 0 Å². The van der Waals surface area contributed by atoms with Crippen LogP contribution in [0.3, 0.4) is 0 Å². The van der Waals surface area contributed by atoms with Gasteiger partial charge < -0.3 is 10.1 Å². The molecule has 0 saturated carbocycles. The maximum Gasteiger partial charge on any atom is 0.316 e. The van der Waals surface area contributed by atoms with Crippen LogP contribution in [0.4, 0.5) is 5.69 Å². The number of nitrogens with one attached hydrogen (secondary N) is 1. The quantitative estimate of drug-likeness (QED) is 0.585. The zero-order valence-corrected chi connectivity index (χ0v) is 15.2. The van der Waals surface area contributed by atoms with E-state index in [9.17, 15) is 9.59 Å². The molecule has 0 radical (unpaired) electrons. The van der Waals surface area contributed by atoms with Gasteiger partial charge in [0.05, 0.1) is 10.8 Å². The number of amides is 1. The van der Waals surface area contributed by atoms with Crippen molar-refractivity contribution >= 4 is 52.5 Å². The molecular weight excluding hydrogens is 369 g/mol. The van der Waals surface area contributed by atoms with Crippen LogP contribution in [0.1, 0.15) is 5.56 Å². The molecule has 0 aromatic heterocycles. The van der Waals surface area contributed by atoms with Gasteiger partial charge in [-0.3, -0.25) is 9.59 Å². The Morgan fingerprint density at radius 3 is 2.71 bits per heavy atom. The summed E-state index contributed by atoms with van der Waals surface area (Å²) in [6, 6.07) is 12.4. The van der Waals surface area contributed by atoms with E-state index in [0.717, 1.165) is 5.56 Å². The first kappa shape index (κ1) is 18.6. The molecule has 1 N–H and O–H groups in total. The number of aryl methyl sites for hydroxylation is 1. The Kier molecular flexibility index (Phi) is 6.97. The third-order valence-corrected chi connectivity index (χ3v) is 4.61. The van der Waals surface area contributed by atoms with Crippen molar-refractivity contribution in [3.63, 3.8) is 0 Å². The Morgan fingerprint density at radius 1 is 1.17 bits per heavy atom. The van der Waals surface area contributed by atoms with E-state index < -0.39 is 5.97 Å². The number of ether oxygens (including phenoxy) is 1. The molecule has 0 saturated heterocycles. The number of carbonyl (C=O) groups excluding carboxylic acids is 2. The van der Waals surface area contributed by atoms with Gasteiger partial charge in [-0.15, -0.1) is 11.8 Å². The van der Waals surface area contributed by atoms with Crippen LogP contribution in [0.25, 0.3) is 0 Å². The van der Waals surface area contributed by atoms with Gasteiger partial charge in [0.15, 0.2) is 6.61 Å². The van der Waals surface area contributed by atoms with Crippen molar-refractivity contribution < 1.29 is 14.3 Å². The van der Waals surface area contributed by atoms with Crippen molar-refractivity contribution in [1.29, 1.82) is 0 Å². The second-order valence-electron chi connectivity index (χ2n) is 4.94. The van der Waals surface area contributed by atoms with E-state index in [4.69, 9.17) is 27.9 Å². The molecule has 0 heterocycles. The first-order valence-corrected chi connectivity index (χ1v) is 8.78. The number of benzene rings is 2. The molecule has 2 aromatic carbocycles. The summed E-state index contributed by atoms with van der Waals surface area (Å²) < 4.78 is 4.95. The SMILES string of the molecule is Cc1cccc(NC(=O)COC(=O)CSc2cc(Cl)ccc2Cl)c1. The molecule has 0 aliphatic rings. The van der Waals surface area contributed by atoms with Gasteiger partial charge in [-0.1, -0.05) is 35.3 Å². The normalized spacial score (nSPS) is 10.3. The molecule has 0 unspecified atom stereocenters. The lowest BCUT2D eigenvalue weighted by Gasteiger charge is -2.08. The monoisotopic (exact) mass is 383 g/mol. The molecule has 0 aliphatic heterocycles. The molecule has 0 fully saturated rings. The van der Waals surface area contributed by atoms with Gasteiger partial charge in [0.25, 0.3) is 5.91 Å². The van der Waals surface area contributed by atoms with E-state index >= 15 is 0 Å². The Hall–Kier alpha value is -1.69. The molecule has 1 amide bonds. The first-order valence-electron chi connectivity index (χ1n) is 7.04.